The molecule has 2 rings (SSSR count). The molecule has 1 aliphatic rings. The summed E-state index contributed by atoms with van der Waals surface area (Å²) in [6, 6.07) is 0. The molecule has 1 saturated carbocycles. The molecule has 4 nitrogen and oxygen atoms in total. The van der Waals surface area contributed by atoms with E-state index in [1.165, 1.54) is 4.68 Å². The summed E-state index contributed by atoms with van der Waals surface area (Å²) in [6.45, 7) is 1.94. The van der Waals surface area contributed by atoms with E-state index in [4.69, 9.17) is 0 Å². The van der Waals surface area contributed by atoms with Crippen LogP contribution < -0.4 is 0 Å². The fraction of sp³-hybridized carbons (Fsp3) is 0.875. The Morgan fingerprint density at radius 1 is 1.57 bits per heavy atom. The average Bonchev–Trinajstić information content (AvgIpc) is 2.62. The predicted molar refractivity (Wildman–Crippen MR) is 44.8 cm³/mol. The van der Waals surface area contributed by atoms with Gasteiger partial charge in [0.15, 0.2) is 0 Å². The van der Waals surface area contributed by atoms with Crippen molar-refractivity contribution in [2.24, 2.45) is 5.92 Å². The van der Waals surface area contributed by atoms with Gasteiger partial charge < -0.3 is 0 Å². The van der Waals surface area contributed by atoms with Crippen LogP contribution in [0.1, 0.15) is 25.1 Å². The van der Waals surface area contributed by atoms with Gasteiger partial charge in [0.25, 0.3) is 5.92 Å². The molecular weight excluding hydrogens is 190 g/mol. The lowest BCUT2D eigenvalue weighted by atomic mass is 10.1. The summed E-state index contributed by atoms with van der Waals surface area (Å²) in [5, 5.41) is 10.8. The lowest BCUT2D eigenvalue weighted by Crippen LogP contribution is -2.26. The summed E-state index contributed by atoms with van der Waals surface area (Å²) in [7, 11) is 0. The molecule has 0 unspecified atom stereocenters. The largest absolute Gasteiger partial charge is 0.252 e. The van der Waals surface area contributed by atoms with E-state index in [0.717, 1.165) is 0 Å². The summed E-state index contributed by atoms with van der Waals surface area (Å²) < 4.78 is 27.9. The Kier molecular flexibility index (Phi) is 2.20. The van der Waals surface area contributed by atoms with Gasteiger partial charge in [0.1, 0.15) is 5.82 Å². The van der Waals surface area contributed by atoms with Gasteiger partial charge in [-0.3, -0.25) is 0 Å². The van der Waals surface area contributed by atoms with E-state index in [9.17, 15) is 8.78 Å². The average molecular weight is 202 g/mol. The Balaban J connectivity index is 2.08. The molecule has 0 bridgehead atoms. The molecular formula is C8H12F2N4. The molecule has 1 aromatic heterocycles. The first-order valence-electron chi connectivity index (χ1n) is 4.70. The van der Waals surface area contributed by atoms with Gasteiger partial charge in [-0.2, -0.15) is 0 Å². The molecule has 0 N–H and O–H groups in total. The molecule has 0 radical (unpaired) electrons. The van der Waals surface area contributed by atoms with Crippen molar-refractivity contribution in [3.05, 3.63) is 5.82 Å². The second-order valence-electron chi connectivity index (χ2n) is 3.76. The van der Waals surface area contributed by atoms with Crippen LogP contribution >= 0.6 is 0 Å². The van der Waals surface area contributed by atoms with Crippen molar-refractivity contribution in [2.45, 2.75) is 38.7 Å². The lowest BCUT2D eigenvalue weighted by molar-refractivity contribution is -0.0436. The number of halogens is 2. The zero-order valence-corrected chi connectivity index (χ0v) is 7.95. The van der Waals surface area contributed by atoms with E-state index >= 15 is 0 Å². The maximum Gasteiger partial charge on any atom is 0.252 e. The smallest absolute Gasteiger partial charge is 0.229 e. The van der Waals surface area contributed by atoms with E-state index in [1.54, 1.807) is 6.92 Å². The number of hydrogen-bond acceptors (Lipinski definition) is 3. The molecule has 1 aliphatic carbocycles. The van der Waals surface area contributed by atoms with E-state index in [2.05, 4.69) is 15.5 Å². The van der Waals surface area contributed by atoms with Crippen molar-refractivity contribution < 1.29 is 8.78 Å². The third kappa shape index (κ3) is 1.60. The standard InChI is InChI=1S/C8H12F2N4/c1-6-11-12-13-14(6)5-7-3-2-4-8(7,9)10/h7H,2-5H2,1H3/t7-/m0/s1. The lowest BCUT2D eigenvalue weighted by Gasteiger charge is -2.18. The van der Waals surface area contributed by atoms with Crippen LogP contribution in [-0.2, 0) is 6.54 Å². The highest BCUT2D eigenvalue weighted by molar-refractivity contribution is 4.85. The van der Waals surface area contributed by atoms with E-state index in [0.29, 0.717) is 18.7 Å². The number of alkyl halides is 2. The van der Waals surface area contributed by atoms with Crippen molar-refractivity contribution >= 4 is 0 Å². The summed E-state index contributed by atoms with van der Waals surface area (Å²) in [5.74, 6) is -2.56. The number of aromatic nitrogens is 4. The Bertz CT molecular complexity index is 323. The molecule has 78 valence electrons. The normalized spacial score (nSPS) is 25.5. The summed E-state index contributed by atoms with van der Waals surface area (Å²) >= 11 is 0. The number of aryl methyl sites for hydroxylation is 1. The number of rotatable bonds is 2. The van der Waals surface area contributed by atoms with Crippen LogP contribution in [0.15, 0.2) is 0 Å². The van der Waals surface area contributed by atoms with Crippen molar-refractivity contribution in [1.29, 1.82) is 0 Å². The quantitative estimate of drug-likeness (QED) is 0.728. The minimum atomic E-state index is -2.54. The number of tetrazole rings is 1. The monoisotopic (exact) mass is 202 g/mol. The first-order chi connectivity index (χ1) is 6.59. The van der Waals surface area contributed by atoms with Gasteiger partial charge in [-0.25, -0.2) is 13.5 Å². The number of hydrogen-bond donors (Lipinski definition) is 0. The molecule has 0 aliphatic heterocycles. The van der Waals surface area contributed by atoms with E-state index < -0.39 is 11.8 Å². The summed E-state index contributed by atoms with van der Waals surface area (Å²) in [5.41, 5.74) is 0. The van der Waals surface area contributed by atoms with Crippen LogP contribution in [0.2, 0.25) is 0 Å². The third-order valence-electron chi connectivity index (χ3n) is 2.76. The van der Waals surface area contributed by atoms with Crippen LogP contribution in [0.4, 0.5) is 8.78 Å². The molecule has 6 heteroatoms. The Hall–Kier alpha value is -1.07. The van der Waals surface area contributed by atoms with Gasteiger partial charge in [-0.1, -0.05) is 0 Å². The second kappa shape index (κ2) is 3.25. The fourth-order valence-corrected chi connectivity index (χ4v) is 1.85. The van der Waals surface area contributed by atoms with Crippen LogP contribution in [0, 0.1) is 12.8 Å². The van der Waals surface area contributed by atoms with E-state index in [-0.39, 0.29) is 13.0 Å². The van der Waals surface area contributed by atoms with Crippen molar-refractivity contribution in [2.75, 3.05) is 0 Å². The highest BCUT2D eigenvalue weighted by atomic mass is 19.3. The summed E-state index contributed by atoms with van der Waals surface area (Å²) in [6.07, 6.45) is 1.16. The van der Waals surface area contributed by atoms with Crippen LogP contribution in [0.5, 0.6) is 0 Å². The van der Waals surface area contributed by atoms with Crippen molar-refractivity contribution in [3.8, 4) is 0 Å². The van der Waals surface area contributed by atoms with Crippen LogP contribution in [0.25, 0.3) is 0 Å². The molecule has 1 aromatic rings. The van der Waals surface area contributed by atoms with Gasteiger partial charge in [-0.05, 0) is 30.2 Å². The van der Waals surface area contributed by atoms with Gasteiger partial charge in [0.05, 0.1) is 6.54 Å². The maximum atomic E-state index is 13.3. The van der Waals surface area contributed by atoms with Crippen LogP contribution in [0.3, 0.4) is 0 Å². The first kappa shape index (κ1) is 9.48. The van der Waals surface area contributed by atoms with Gasteiger partial charge >= 0.3 is 0 Å². The Labute approximate surface area is 80.3 Å². The highest BCUT2D eigenvalue weighted by Gasteiger charge is 2.44. The molecule has 14 heavy (non-hydrogen) atoms. The first-order valence-corrected chi connectivity index (χ1v) is 4.70. The molecule has 1 heterocycles. The highest BCUT2D eigenvalue weighted by Crippen LogP contribution is 2.40. The van der Waals surface area contributed by atoms with E-state index in [1.807, 2.05) is 0 Å². The topological polar surface area (TPSA) is 43.6 Å². The second-order valence-corrected chi connectivity index (χ2v) is 3.76. The van der Waals surface area contributed by atoms with Crippen molar-refractivity contribution in [1.82, 2.24) is 20.2 Å². The van der Waals surface area contributed by atoms with Gasteiger partial charge in [0, 0.05) is 12.3 Å². The summed E-state index contributed by atoms with van der Waals surface area (Å²) in [4.78, 5) is 0. The third-order valence-corrected chi connectivity index (χ3v) is 2.76. The van der Waals surface area contributed by atoms with Crippen LogP contribution in [-0.4, -0.2) is 26.1 Å². The fourth-order valence-electron chi connectivity index (χ4n) is 1.85. The molecule has 0 saturated heterocycles. The Morgan fingerprint density at radius 3 is 2.86 bits per heavy atom. The molecule has 0 aromatic carbocycles. The zero-order chi connectivity index (χ0) is 10.2. The molecule has 0 spiro atoms. The minimum Gasteiger partial charge on any atom is -0.229 e. The van der Waals surface area contributed by atoms with Gasteiger partial charge in [-0.15, -0.1) is 5.10 Å². The number of nitrogens with zero attached hydrogens (tertiary/aromatic N) is 4. The van der Waals surface area contributed by atoms with Gasteiger partial charge in [0.2, 0.25) is 0 Å². The maximum absolute atomic E-state index is 13.3. The molecule has 1 fully saturated rings. The molecule has 1 atom stereocenters. The molecule has 0 amide bonds. The zero-order valence-electron chi connectivity index (χ0n) is 7.95. The predicted octanol–water partition coefficient (Wildman–Crippen LogP) is 1.42. The SMILES string of the molecule is Cc1nnnn1C[C@@H]1CCCC1(F)F. The minimum absolute atomic E-state index is 0.00115. The Morgan fingerprint density at radius 2 is 2.36 bits per heavy atom. The van der Waals surface area contributed by atoms with Crippen molar-refractivity contribution in [3.63, 3.8) is 0 Å².